The number of benzene rings is 1. The van der Waals surface area contributed by atoms with Crippen LogP contribution in [0.2, 0.25) is 0 Å². The molecule has 5 heteroatoms. The molecule has 3 rings (SSSR count). The van der Waals surface area contributed by atoms with E-state index in [0.29, 0.717) is 6.04 Å². The maximum Gasteiger partial charge on any atom is 0.191 e. The summed E-state index contributed by atoms with van der Waals surface area (Å²) in [5, 5.41) is 7.07. The Kier molecular flexibility index (Phi) is 7.72. The Morgan fingerprint density at radius 3 is 2.85 bits per heavy atom. The number of nitrogens with zero attached hydrogens (tertiary/aromatic N) is 2. The maximum absolute atomic E-state index is 5.36. The normalized spacial score (nSPS) is 19.6. The minimum Gasteiger partial charge on any atom is -0.377 e. The first kappa shape index (κ1) is 19.9. The largest absolute Gasteiger partial charge is 0.377 e. The van der Waals surface area contributed by atoms with E-state index >= 15 is 0 Å². The van der Waals surface area contributed by atoms with Crippen LogP contribution >= 0.6 is 0 Å². The predicted molar refractivity (Wildman–Crippen MR) is 112 cm³/mol. The van der Waals surface area contributed by atoms with Gasteiger partial charge in [0.25, 0.3) is 0 Å². The molecule has 1 aromatic carbocycles. The lowest BCUT2D eigenvalue weighted by molar-refractivity contribution is 0.153. The molecule has 0 spiro atoms. The van der Waals surface area contributed by atoms with Gasteiger partial charge in [-0.3, -0.25) is 9.89 Å². The van der Waals surface area contributed by atoms with Gasteiger partial charge in [0.05, 0.1) is 13.2 Å². The molecular weight excluding hydrogens is 336 g/mol. The van der Waals surface area contributed by atoms with Crippen LogP contribution in [-0.2, 0) is 11.3 Å². The molecule has 148 valence electrons. The first-order valence-corrected chi connectivity index (χ1v) is 10.2. The Hall–Kier alpha value is -1.85. The second-order valence-electron chi connectivity index (χ2n) is 7.62. The number of piperidine rings is 1. The molecule has 0 amide bonds. The van der Waals surface area contributed by atoms with Gasteiger partial charge in [-0.05, 0) is 38.2 Å². The summed E-state index contributed by atoms with van der Waals surface area (Å²) in [6.45, 7) is 8.04. The average molecular weight is 371 g/mol. The van der Waals surface area contributed by atoms with Gasteiger partial charge in [-0.15, -0.1) is 0 Å². The highest BCUT2D eigenvalue weighted by molar-refractivity contribution is 5.79. The summed E-state index contributed by atoms with van der Waals surface area (Å²) in [5.41, 5.74) is 4.26. The molecule has 2 N–H and O–H groups in total. The van der Waals surface area contributed by atoms with Crippen molar-refractivity contribution in [3.63, 3.8) is 0 Å². The van der Waals surface area contributed by atoms with Gasteiger partial charge in [0.1, 0.15) is 0 Å². The monoisotopic (exact) mass is 370 g/mol. The van der Waals surface area contributed by atoms with Crippen molar-refractivity contribution in [2.24, 2.45) is 4.99 Å². The standard InChI is InChI=1S/C22H34N4O/c1-18-4-3-5-20(16-18)17-26-12-7-21(8-13-26)25-22(23-2)24-11-6-19-9-14-27-15-10-19/h3-5,9,16,21H,6-8,10-15,17H2,1-2H3,(H2,23,24,25). The van der Waals surface area contributed by atoms with Crippen LogP contribution in [0, 0.1) is 6.92 Å². The highest BCUT2D eigenvalue weighted by Crippen LogP contribution is 2.15. The topological polar surface area (TPSA) is 48.9 Å². The number of rotatable bonds is 6. The zero-order chi connectivity index (χ0) is 18.9. The van der Waals surface area contributed by atoms with Crippen molar-refractivity contribution in [3.05, 3.63) is 47.0 Å². The van der Waals surface area contributed by atoms with Gasteiger partial charge in [-0.25, -0.2) is 0 Å². The first-order valence-electron chi connectivity index (χ1n) is 10.2. The minimum atomic E-state index is 0.507. The number of nitrogens with one attached hydrogen (secondary N) is 2. The van der Waals surface area contributed by atoms with E-state index in [-0.39, 0.29) is 0 Å². The summed E-state index contributed by atoms with van der Waals surface area (Å²) in [6, 6.07) is 9.36. The highest BCUT2D eigenvalue weighted by Gasteiger charge is 2.20. The fraction of sp³-hybridized carbons (Fsp3) is 0.591. The third-order valence-electron chi connectivity index (χ3n) is 5.44. The van der Waals surface area contributed by atoms with Gasteiger partial charge >= 0.3 is 0 Å². The van der Waals surface area contributed by atoms with E-state index in [1.165, 1.54) is 16.7 Å². The lowest BCUT2D eigenvalue weighted by Gasteiger charge is -2.33. The van der Waals surface area contributed by atoms with Gasteiger partial charge in [-0.2, -0.15) is 0 Å². The zero-order valence-corrected chi connectivity index (χ0v) is 16.8. The number of likely N-dealkylation sites (tertiary alicyclic amines) is 1. The van der Waals surface area contributed by atoms with E-state index in [0.717, 1.165) is 71.0 Å². The Morgan fingerprint density at radius 1 is 1.30 bits per heavy atom. The molecule has 0 bridgehead atoms. The lowest BCUT2D eigenvalue weighted by atomic mass is 10.0. The third-order valence-corrected chi connectivity index (χ3v) is 5.44. The predicted octanol–water partition coefficient (Wildman–Crippen LogP) is 2.86. The zero-order valence-electron chi connectivity index (χ0n) is 16.8. The highest BCUT2D eigenvalue weighted by atomic mass is 16.5. The summed E-state index contributed by atoms with van der Waals surface area (Å²) < 4.78 is 5.36. The van der Waals surface area contributed by atoms with Gasteiger partial charge in [0.2, 0.25) is 0 Å². The number of aliphatic imine (C=N–C) groups is 1. The maximum atomic E-state index is 5.36. The Bertz CT molecular complexity index is 647. The Morgan fingerprint density at radius 2 is 2.15 bits per heavy atom. The van der Waals surface area contributed by atoms with Gasteiger partial charge in [0.15, 0.2) is 5.96 Å². The molecule has 0 atom stereocenters. The molecule has 27 heavy (non-hydrogen) atoms. The molecule has 1 fully saturated rings. The van der Waals surface area contributed by atoms with Crippen molar-refractivity contribution in [2.45, 2.75) is 45.2 Å². The number of hydrogen-bond acceptors (Lipinski definition) is 3. The Labute approximate surface area is 163 Å². The molecule has 0 radical (unpaired) electrons. The van der Waals surface area contributed by atoms with Crippen molar-refractivity contribution in [1.82, 2.24) is 15.5 Å². The quantitative estimate of drug-likeness (QED) is 0.459. The summed E-state index contributed by atoms with van der Waals surface area (Å²) in [5.74, 6) is 0.930. The summed E-state index contributed by atoms with van der Waals surface area (Å²) in [6.07, 6.45) is 6.67. The van der Waals surface area contributed by atoms with E-state index < -0.39 is 0 Å². The van der Waals surface area contributed by atoms with Crippen LogP contribution in [0.5, 0.6) is 0 Å². The van der Waals surface area contributed by atoms with Gasteiger partial charge in [-0.1, -0.05) is 41.5 Å². The van der Waals surface area contributed by atoms with E-state index in [1.54, 1.807) is 0 Å². The van der Waals surface area contributed by atoms with Crippen LogP contribution in [0.4, 0.5) is 0 Å². The van der Waals surface area contributed by atoms with Crippen molar-refractivity contribution < 1.29 is 4.74 Å². The molecule has 2 heterocycles. The van der Waals surface area contributed by atoms with Gasteiger partial charge in [0, 0.05) is 39.3 Å². The molecule has 0 unspecified atom stereocenters. The van der Waals surface area contributed by atoms with Crippen LogP contribution in [0.3, 0.4) is 0 Å². The number of aryl methyl sites for hydroxylation is 1. The van der Waals surface area contributed by atoms with Crippen molar-refractivity contribution in [3.8, 4) is 0 Å². The van der Waals surface area contributed by atoms with Crippen LogP contribution in [-0.4, -0.2) is 56.8 Å². The fourth-order valence-electron chi connectivity index (χ4n) is 3.83. The molecule has 2 aliphatic rings. The number of ether oxygens (including phenoxy) is 1. The molecule has 1 saturated heterocycles. The fourth-order valence-corrected chi connectivity index (χ4v) is 3.83. The van der Waals surface area contributed by atoms with Crippen LogP contribution in [0.15, 0.2) is 40.9 Å². The lowest BCUT2D eigenvalue weighted by Crippen LogP contribution is -2.48. The van der Waals surface area contributed by atoms with Crippen LogP contribution in [0.25, 0.3) is 0 Å². The average Bonchev–Trinajstić information content (AvgIpc) is 2.69. The van der Waals surface area contributed by atoms with Crippen molar-refractivity contribution in [2.75, 3.05) is 39.9 Å². The minimum absolute atomic E-state index is 0.507. The van der Waals surface area contributed by atoms with E-state index in [1.807, 2.05) is 7.05 Å². The molecule has 5 nitrogen and oxygen atoms in total. The van der Waals surface area contributed by atoms with Crippen molar-refractivity contribution >= 4 is 5.96 Å². The molecule has 0 saturated carbocycles. The van der Waals surface area contributed by atoms with E-state index in [4.69, 9.17) is 4.74 Å². The third kappa shape index (κ3) is 6.67. The smallest absolute Gasteiger partial charge is 0.191 e. The van der Waals surface area contributed by atoms with Gasteiger partial charge < -0.3 is 15.4 Å². The first-order chi connectivity index (χ1) is 13.2. The second-order valence-corrected chi connectivity index (χ2v) is 7.62. The van der Waals surface area contributed by atoms with Crippen LogP contribution < -0.4 is 10.6 Å². The second kappa shape index (κ2) is 10.5. The summed E-state index contributed by atoms with van der Waals surface area (Å²) in [4.78, 5) is 6.95. The number of guanidine groups is 1. The van der Waals surface area contributed by atoms with Crippen molar-refractivity contribution in [1.29, 1.82) is 0 Å². The molecular formula is C22H34N4O. The van der Waals surface area contributed by atoms with E-state index in [2.05, 4.69) is 57.8 Å². The SMILES string of the molecule is CN=C(NCCC1=CCOCC1)NC1CCN(Cc2cccc(C)c2)CC1. The Balaban J connectivity index is 1.36. The summed E-state index contributed by atoms with van der Waals surface area (Å²) >= 11 is 0. The van der Waals surface area contributed by atoms with Crippen LogP contribution in [0.1, 0.15) is 36.8 Å². The number of hydrogen-bond donors (Lipinski definition) is 2. The molecule has 0 aliphatic carbocycles. The van der Waals surface area contributed by atoms with E-state index in [9.17, 15) is 0 Å². The summed E-state index contributed by atoms with van der Waals surface area (Å²) in [7, 11) is 1.86. The molecule has 0 aromatic heterocycles. The molecule has 1 aromatic rings. The molecule has 2 aliphatic heterocycles.